The predicted octanol–water partition coefficient (Wildman–Crippen LogP) is -3.81. The molecule has 1 aromatic rings. The van der Waals surface area contributed by atoms with E-state index in [-0.39, 0.29) is 18.1 Å². The fraction of sp³-hybridized carbons (Fsp3) is 0.750. The number of carbonyl (C=O) groups is 2. The van der Waals surface area contributed by atoms with Gasteiger partial charge in [-0.15, -0.1) is 0 Å². The van der Waals surface area contributed by atoms with Crippen molar-refractivity contribution in [2.75, 3.05) is 25.7 Å². The van der Waals surface area contributed by atoms with Gasteiger partial charge in [0, 0.05) is 24.1 Å². The van der Waals surface area contributed by atoms with Crippen molar-refractivity contribution >= 4 is 24.4 Å². The van der Waals surface area contributed by atoms with Crippen LogP contribution in [0.5, 0.6) is 0 Å². The first-order chi connectivity index (χ1) is 16.5. The molecule has 2 heterocycles. The molecule has 1 fully saturated rings. The molecule has 200 valence electrons. The number of aliphatic hydroxyl groups is 5. The van der Waals surface area contributed by atoms with Gasteiger partial charge in [0.2, 0.25) is 17.6 Å². The zero-order valence-corrected chi connectivity index (χ0v) is 20.4. The lowest BCUT2D eigenvalue weighted by molar-refractivity contribution is -0.318. The molecule has 0 spiro atoms. The number of hydrogen-bond donors (Lipinski definition) is 10. The van der Waals surface area contributed by atoms with E-state index in [1.165, 1.54) is 12.5 Å². The van der Waals surface area contributed by atoms with Crippen LogP contribution in [0.4, 0.5) is 0 Å². The van der Waals surface area contributed by atoms with E-state index in [2.05, 4.69) is 38.5 Å². The molecule has 1 aromatic heterocycles. The largest absolute Gasteiger partial charge is 0.388 e. The van der Waals surface area contributed by atoms with Gasteiger partial charge < -0.3 is 55.9 Å². The van der Waals surface area contributed by atoms with E-state index in [1.54, 1.807) is 13.8 Å². The number of hydrogen-bond acceptors (Lipinski definition) is 12. The molecule has 7 atom stereocenters. The molecule has 0 radical (unpaired) electrons. The molecule has 0 aromatic carbocycles. The van der Waals surface area contributed by atoms with Gasteiger partial charge in [0.15, 0.2) is 0 Å². The van der Waals surface area contributed by atoms with E-state index in [1.807, 2.05) is 0 Å². The summed E-state index contributed by atoms with van der Waals surface area (Å²) in [6.07, 6.45) is -2.72. The summed E-state index contributed by atoms with van der Waals surface area (Å²) in [6, 6.07) is -2.00. The van der Waals surface area contributed by atoms with Crippen LogP contribution in [0.2, 0.25) is 0 Å². The summed E-state index contributed by atoms with van der Waals surface area (Å²) in [5.74, 6) is -3.67. The van der Waals surface area contributed by atoms with Gasteiger partial charge in [-0.2, -0.15) is 12.6 Å². The standard InChI is InChI=1S/C20H35N5O9S/c1-10(2)15(22-7-20(32)17(29)16(28)13(27)5-34-20)19(31)24-12(3-11-4-21-8-23-11)18(30)25-14(6-35)33-9-26/h4,8,10,12-17,22,26-29,32,35H,3,5-7,9H2,1-2H3,(H,21,23)(H,24,31)(H,25,30). The number of nitrogens with one attached hydrogen (secondary N) is 4. The summed E-state index contributed by atoms with van der Waals surface area (Å²) >= 11 is 4.06. The van der Waals surface area contributed by atoms with E-state index >= 15 is 0 Å². The van der Waals surface area contributed by atoms with Crippen molar-refractivity contribution in [3.63, 3.8) is 0 Å². The van der Waals surface area contributed by atoms with Crippen LogP contribution >= 0.6 is 12.6 Å². The maximum absolute atomic E-state index is 13.1. The van der Waals surface area contributed by atoms with Crippen molar-refractivity contribution in [2.24, 2.45) is 5.92 Å². The molecule has 0 aliphatic carbocycles. The number of aromatic amines is 1. The van der Waals surface area contributed by atoms with E-state index in [0.717, 1.165) is 0 Å². The smallest absolute Gasteiger partial charge is 0.244 e. The number of imidazole rings is 1. The topological polar surface area (TPSA) is 219 Å². The van der Waals surface area contributed by atoms with Crippen LogP contribution in [0.1, 0.15) is 19.5 Å². The van der Waals surface area contributed by atoms with Crippen LogP contribution in [-0.2, 0) is 25.5 Å². The average molecular weight is 522 g/mol. The van der Waals surface area contributed by atoms with Gasteiger partial charge in [0.25, 0.3) is 0 Å². The highest BCUT2D eigenvalue weighted by Crippen LogP contribution is 2.23. The molecule has 1 aliphatic rings. The molecule has 1 saturated heterocycles. The molecule has 2 rings (SSSR count). The number of nitrogens with zero attached hydrogens (tertiary/aromatic N) is 1. The van der Waals surface area contributed by atoms with Crippen LogP contribution in [0.15, 0.2) is 12.5 Å². The Morgan fingerprint density at radius 1 is 1.31 bits per heavy atom. The number of H-pyrrole nitrogens is 1. The zero-order valence-electron chi connectivity index (χ0n) is 19.5. The molecule has 7 unspecified atom stereocenters. The van der Waals surface area contributed by atoms with Gasteiger partial charge in [-0.1, -0.05) is 13.8 Å². The Morgan fingerprint density at radius 3 is 2.60 bits per heavy atom. The average Bonchev–Trinajstić information content (AvgIpc) is 3.32. The number of carbonyl (C=O) groups excluding carboxylic acids is 2. The van der Waals surface area contributed by atoms with E-state index in [9.17, 15) is 30.0 Å². The second kappa shape index (κ2) is 13.5. The number of ether oxygens (including phenoxy) is 2. The van der Waals surface area contributed by atoms with Crippen LogP contribution in [0, 0.1) is 5.92 Å². The Labute approximate surface area is 207 Å². The zero-order chi connectivity index (χ0) is 26.2. The van der Waals surface area contributed by atoms with Crippen LogP contribution in [0.25, 0.3) is 0 Å². The number of thiol groups is 1. The first-order valence-electron chi connectivity index (χ1n) is 11.1. The minimum Gasteiger partial charge on any atom is -0.388 e. The normalized spacial score (nSPS) is 27.3. The predicted molar refractivity (Wildman–Crippen MR) is 124 cm³/mol. The van der Waals surface area contributed by atoms with E-state index < -0.39 is 74.2 Å². The van der Waals surface area contributed by atoms with Crippen molar-refractivity contribution in [3.8, 4) is 0 Å². The summed E-state index contributed by atoms with van der Waals surface area (Å²) in [7, 11) is 0. The van der Waals surface area contributed by atoms with Crippen molar-refractivity contribution in [2.45, 2.75) is 62.7 Å². The molecular formula is C20H35N5O9S. The molecular weight excluding hydrogens is 486 g/mol. The van der Waals surface area contributed by atoms with Crippen LogP contribution in [0.3, 0.4) is 0 Å². The molecule has 0 saturated carbocycles. The maximum Gasteiger partial charge on any atom is 0.244 e. The third kappa shape index (κ3) is 8.09. The molecule has 14 nitrogen and oxygen atoms in total. The van der Waals surface area contributed by atoms with E-state index in [0.29, 0.717) is 5.69 Å². The highest BCUT2D eigenvalue weighted by Gasteiger charge is 2.48. The van der Waals surface area contributed by atoms with Crippen molar-refractivity contribution in [1.82, 2.24) is 25.9 Å². The fourth-order valence-electron chi connectivity index (χ4n) is 3.51. The first kappa shape index (κ1) is 29.4. The second-order valence-corrected chi connectivity index (χ2v) is 8.94. The molecule has 15 heteroatoms. The fourth-order valence-corrected chi connectivity index (χ4v) is 3.71. The summed E-state index contributed by atoms with van der Waals surface area (Å²) in [5, 5.41) is 57.2. The Balaban J connectivity index is 2.11. The van der Waals surface area contributed by atoms with E-state index in [4.69, 9.17) is 14.6 Å². The third-order valence-electron chi connectivity index (χ3n) is 5.56. The Bertz CT molecular complexity index is 802. The quantitative estimate of drug-likeness (QED) is 0.0896. The van der Waals surface area contributed by atoms with Gasteiger partial charge in [-0.25, -0.2) is 4.98 Å². The molecule has 2 amide bonds. The highest BCUT2D eigenvalue weighted by atomic mass is 32.1. The van der Waals surface area contributed by atoms with Crippen LogP contribution < -0.4 is 16.0 Å². The Kier molecular flexibility index (Phi) is 11.3. The molecule has 35 heavy (non-hydrogen) atoms. The minimum absolute atomic E-state index is 0.0661. The number of aliphatic hydroxyl groups excluding tert-OH is 4. The van der Waals surface area contributed by atoms with Crippen molar-refractivity contribution < 1.29 is 44.6 Å². The Hall–Kier alpha value is -1.82. The molecule has 1 aliphatic heterocycles. The summed E-state index contributed by atoms with van der Waals surface area (Å²) in [6.45, 7) is 1.97. The summed E-state index contributed by atoms with van der Waals surface area (Å²) in [5.41, 5.74) is 0.575. The summed E-state index contributed by atoms with van der Waals surface area (Å²) < 4.78 is 10.1. The number of amides is 2. The van der Waals surface area contributed by atoms with Gasteiger partial charge >= 0.3 is 0 Å². The van der Waals surface area contributed by atoms with Gasteiger partial charge in [-0.3, -0.25) is 9.59 Å². The van der Waals surface area contributed by atoms with Crippen molar-refractivity contribution in [3.05, 3.63) is 18.2 Å². The lowest BCUT2D eigenvalue weighted by Crippen LogP contribution is -2.66. The molecule has 9 N–H and O–H groups in total. The first-order valence-corrected chi connectivity index (χ1v) is 11.7. The lowest BCUT2D eigenvalue weighted by Gasteiger charge is -2.42. The third-order valence-corrected chi connectivity index (χ3v) is 5.90. The maximum atomic E-state index is 13.1. The van der Waals surface area contributed by atoms with Gasteiger partial charge in [0.05, 0.1) is 25.5 Å². The number of rotatable bonds is 13. The van der Waals surface area contributed by atoms with Crippen LogP contribution in [-0.4, -0.2) is 115 Å². The highest BCUT2D eigenvalue weighted by molar-refractivity contribution is 7.80. The summed E-state index contributed by atoms with van der Waals surface area (Å²) in [4.78, 5) is 32.8. The van der Waals surface area contributed by atoms with Gasteiger partial charge in [0.1, 0.15) is 37.4 Å². The molecule has 0 bridgehead atoms. The second-order valence-electron chi connectivity index (χ2n) is 8.58. The number of aromatic nitrogens is 2. The minimum atomic E-state index is -2.25. The van der Waals surface area contributed by atoms with Gasteiger partial charge in [-0.05, 0) is 5.92 Å². The Morgan fingerprint density at radius 2 is 2.03 bits per heavy atom. The van der Waals surface area contributed by atoms with Crippen molar-refractivity contribution in [1.29, 1.82) is 0 Å². The monoisotopic (exact) mass is 521 g/mol. The SMILES string of the molecule is CC(C)C(NCC1(O)OCC(O)C(O)C1O)C(=O)NC(Cc1cnc[nH]1)C(=O)NC(CS)OCO. The lowest BCUT2D eigenvalue weighted by atomic mass is 9.95.